The molecule has 5 N–H and O–H groups in total. The number of sulfonamides is 1. The van der Waals surface area contributed by atoms with Gasteiger partial charge in [-0.05, 0) is 19.2 Å². The standard InChI is InChI=1S/C11H15N5O2S/c1-14-19(17,18)7-3-8(11(13)9(12)4-7)10-5-16(2)6-15-10/h3-6,14H,12-13H2,1-2H3. The fraction of sp³-hybridized carbons (Fsp3) is 0.182. The lowest BCUT2D eigenvalue weighted by Crippen LogP contribution is -2.19. The van der Waals surface area contributed by atoms with Gasteiger partial charge in [0, 0.05) is 18.8 Å². The van der Waals surface area contributed by atoms with Crippen LogP contribution in [0.4, 0.5) is 11.4 Å². The molecule has 0 bridgehead atoms. The van der Waals surface area contributed by atoms with Crippen molar-refractivity contribution in [2.75, 3.05) is 18.5 Å². The van der Waals surface area contributed by atoms with E-state index in [-0.39, 0.29) is 10.6 Å². The fourth-order valence-electron chi connectivity index (χ4n) is 1.69. The maximum atomic E-state index is 11.8. The van der Waals surface area contributed by atoms with Crippen molar-refractivity contribution in [3.63, 3.8) is 0 Å². The molecule has 1 heterocycles. The highest BCUT2D eigenvalue weighted by Crippen LogP contribution is 2.32. The molecule has 0 saturated heterocycles. The van der Waals surface area contributed by atoms with Crippen LogP contribution in [0.15, 0.2) is 29.6 Å². The molecule has 0 unspecified atom stereocenters. The van der Waals surface area contributed by atoms with Crippen molar-refractivity contribution >= 4 is 21.4 Å². The predicted molar refractivity (Wildman–Crippen MR) is 73.7 cm³/mol. The maximum absolute atomic E-state index is 11.8. The zero-order valence-corrected chi connectivity index (χ0v) is 11.4. The number of anilines is 2. The van der Waals surface area contributed by atoms with Crippen LogP contribution in [-0.4, -0.2) is 25.0 Å². The van der Waals surface area contributed by atoms with Gasteiger partial charge in [0.1, 0.15) is 0 Å². The second-order valence-electron chi connectivity index (χ2n) is 4.11. The molecule has 0 aliphatic heterocycles. The van der Waals surface area contributed by atoms with E-state index in [0.29, 0.717) is 16.9 Å². The van der Waals surface area contributed by atoms with Crippen LogP contribution in [0.1, 0.15) is 0 Å². The van der Waals surface area contributed by atoms with Crippen LogP contribution in [0.25, 0.3) is 11.3 Å². The molecule has 0 saturated carbocycles. The first-order valence-corrected chi connectivity index (χ1v) is 6.94. The molecular weight excluding hydrogens is 266 g/mol. The summed E-state index contributed by atoms with van der Waals surface area (Å²) in [5.41, 5.74) is 13.2. The first kappa shape index (κ1) is 13.4. The number of rotatable bonds is 3. The van der Waals surface area contributed by atoms with Crippen LogP contribution in [0.3, 0.4) is 0 Å². The first-order chi connectivity index (χ1) is 8.85. The van der Waals surface area contributed by atoms with E-state index in [9.17, 15) is 8.42 Å². The van der Waals surface area contributed by atoms with Crippen LogP contribution in [0.2, 0.25) is 0 Å². The number of nitrogens with two attached hydrogens (primary N) is 2. The third kappa shape index (κ3) is 2.40. The molecule has 2 rings (SSSR count). The monoisotopic (exact) mass is 281 g/mol. The molecule has 102 valence electrons. The van der Waals surface area contributed by atoms with Gasteiger partial charge in [0.2, 0.25) is 10.0 Å². The van der Waals surface area contributed by atoms with Gasteiger partial charge in [-0.25, -0.2) is 18.1 Å². The second kappa shape index (κ2) is 4.56. The Hall–Kier alpha value is -2.06. The fourth-order valence-corrected chi connectivity index (χ4v) is 2.48. The predicted octanol–water partition coefficient (Wildman–Crippen LogP) is 0.160. The van der Waals surface area contributed by atoms with Crippen LogP contribution >= 0.6 is 0 Å². The normalized spacial score (nSPS) is 11.7. The number of nitrogens with zero attached hydrogens (tertiary/aromatic N) is 2. The third-order valence-electron chi connectivity index (χ3n) is 2.75. The van der Waals surface area contributed by atoms with E-state index in [1.165, 1.54) is 19.2 Å². The van der Waals surface area contributed by atoms with Crippen molar-refractivity contribution < 1.29 is 8.42 Å². The summed E-state index contributed by atoms with van der Waals surface area (Å²) in [5.74, 6) is 0. The van der Waals surface area contributed by atoms with Gasteiger partial charge in [0.25, 0.3) is 0 Å². The van der Waals surface area contributed by atoms with E-state index < -0.39 is 10.0 Å². The Bertz CT molecular complexity index is 721. The van der Waals surface area contributed by atoms with Crippen molar-refractivity contribution in [1.82, 2.24) is 14.3 Å². The van der Waals surface area contributed by atoms with Crippen LogP contribution in [0, 0.1) is 0 Å². The summed E-state index contributed by atoms with van der Waals surface area (Å²) in [6, 6.07) is 2.79. The number of nitrogens with one attached hydrogen (secondary N) is 1. The number of aryl methyl sites for hydroxylation is 1. The van der Waals surface area contributed by atoms with Crippen LogP contribution in [-0.2, 0) is 17.1 Å². The van der Waals surface area contributed by atoms with E-state index >= 15 is 0 Å². The third-order valence-corrected chi connectivity index (χ3v) is 4.14. The lowest BCUT2D eigenvalue weighted by molar-refractivity contribution is 0.588. The van der Waals surface area contributed by atoms with E-state index in [4.69, 9.17) is 11.5 Å². The Balaban J connectivity index is 2.68. The highest BCUT2D eigenvalue weighted by atomic mass is 32.2. The molecule has 1 aromatic heterocycles. The minimum atomic E-state index is -3.58. The van der Waals surface area contributed by atoms with Gasteiger partial charge in [-0.15, -0.1) is 0 Å². The molecule has 7 nitrogen and oxygen atoms in total. The minimum absolute atomic E-state index is 0.0577. The maximum Gasteiger partial charge on any atom is 0.240 e. The number of aromatic nitrogens is 2. The molecule has 0 spiro atoms. The molecule has 1 aromatic carbocycles. The number of benzene rings is 1. The highest BCUT2D eigenvalue weighted by molar-refractivity contribution is 7.89. The Morgan fingerprint density at radius 2 is 2.00 bits per heavy atom. The summed E-state index contributed by atoms with van der Waals surface area (Å²) < 4.78 is 27.6. The average molecular weight is 281 g/mol. The second-order valence-corrected chi connectivity index (χ2v) is 5.99. The van der Waals surface area contributed by atoms with E-state index in [1.807, 2.05) is 7.05 Å². The molecule has 0 atom stereocenters. The Morgan fingerprint density at radius 3 is 2.53 bits per heavy atom. The molecule has 0 aliphatic carbocycles. The van der Waals surface area contributed by atoms with Gasteiger partial charge in [-0.2, -0.15) is 0 Å². The number of nitrogen functional groups attached to an aromatic ring is 2. The van der Waals surface area contributed by atoms with Gasteiger partial charge in [-0.1, -0.05) is 0 Å². The summed E-state index contributed by atoms with van der Waals surface area (Å²) in [6.07, 6.45) is 3.34. The van der Waals surface area contributed by atoms with E-state index in [2.05, 4.69) is 9.71 Å². The molecule has 8 heteroatoms. The van der Waals surface area contributed by atoms with Crippen molar-refractivity contribution in [1.29, 1.82) is 0 Å². The first-order valence-electron chi connectivity index (χ1n) is 5.46. The zero-order chi connectivity index (χ0) is 14.2. The Kier molecular flexibility index (Phi) is 3.21. The molecule has 0 radical (unpaired) electrons. The summed E-state index contributed by atoms with van der Waals surface area (Å²) in [6.45, 7) is 0. The quantitative estimate of drug-likeness (QED) is 0.693. The summed E-state index contributed by atoms with van der Waals surface area (Å²) in [7, 11) is -0.436. The topological polar surface area (TPSA) is 116 Å². The van der Waals surface area contributed by atoms with Crippen molar-refractivity contribution in [2.45, 2.75) is 4.90 Å². The molecule has 19 heavy (non-hydrogen) atoms. The van der Waals surface area contributed by atoms with Crippen molar-refractivity contribution in [3.8, 4) is 11.3 Å². The van der Waals surface area contributed by atoms with E-state index in [0.717, 1.165) is 0 Å². The number of imidazole rings is 1. The smallest absolute Gasteiger partial charge is 0.240 e. The largest absolute Gasteiger partial charge is 0.397 e. The van der Waals surface area contributed by atoms with Gasteiger partial charge < -0.3 is 16.0 Å². The van der Waals surface area contributed by atoms with E-state index in [1.54, 1.807) is 17.1 Å². The van der Waals surface area contributed by atoms with Gasteiger partial charge in [-0.3, -0.25) is 0 Å². The van der Waals surface area contributed by atoms with Crippen molar-refractivity contribution in [3.05, 3.63) is 24.7 Å². The van der Waals surface area contributed by atoms with Gasteiger partial charge >= 0.3 is 0 Å². The minimum Gasteiger partial charge on any atom is -0.397 e. The molecule has 0 amide bonds. The van der Waals surface area contributed by atoms with Crippen molar-refractivity contribution in [2.24, 2.45) is 7.05 Å². The average Bonchev–Trinajstić information content (AvgIpc) is 2.78. The SMILES string of the molecule is CNS(=O)(=O)c1cc(N)c(N)c(-c2cn(C)cn2)c1. The summed E-state index contributed by atoms with van der Waals surface area (Å²) >= 11 is 0. The zero-order valence-electron chi connectivity index (χ0n) is 10.6. The molecule has 2 aromatic rings. The number of hydrogen-bond donors (Lipinski definition) is 3. The Labute approximate surface area is 111 Å². The lowest BCUT2D eigenvalue weighted by atomic mass is 10.1. The highest BCUT2D eigenvalue weighted by Gasteiger charge is 2.17. The van der Waals surface area contributed by atoms with Crippen LogP contribution in [0.5, 0.6) is 0 Å². The van der Waals surface area contributed by atoms with Gasteiger partial charge in [0.15, 0.2) is 0 Å². The number of hydrogen-bond acceptors (Lipinski definition) is 5. The van der Waals surface area contributed by atoms with Crippen LogP contribution < -0.4 is 16.2 Å². The molecular formula is C11H15N5O2S. The Morgan fingerprint density at radius 1 is 1.32 bits per heavy atom. The molecule has 0 fully saturated rings. The van der Waals surface area contributed by atoms with Gasteiger partial charge in [0.05, 0.1) is 28.3 Å². The summed E-state index contributed by atoms with van der Waals surface area (Å²) in [4.78, 5) is 4.21. The summed E-state index contributed by atoms with van der Waals surface area (Å²) in [5, 5.41) is 0. The lowest BCUT2D eigenvalue weighted by Gasteiger charge is -2.10. The molecule has 0 aliphatic rings.